The second-order valence-electron chi connectivity index (χ2n) is 2.45. The highest BCUT2D eigenvalue weighted by Gasteiger charge is 1.92. The monoisotopic (exact) mass is 216 g/mol. The third-order valence-corrected chi connectivity index (χ3v) is 2.91. The minimum Gasteiger partial charge on any atom is -0.145 e. The van der Waals surface area contributed by atoms with Crippen molar-refractivity contribution in [3.05, 3.63) is 47.7 Å². The molecule has 0 aliphatic heterocycles. The van der Waals surface area contributed by atoms with Crippen molar-refractivity contribution < 1.29 is 0 Å². The van der Waals surface area contributed by atoms with Gasteiger partial charge in [-0.25, -0.2) is 0 Å². The molecular formula is C9H10Cl2Si. The molecule has 0 amide bonds. The van der Waals surface area contributed by atoms with Crippen molar-refractivity contribution in [1.82, 2.24) is 0 Å². The van der Waals surface area contributed by atoms with Crippen molar-refractivity contribution in [2.75, 3.05) is 0 Å². The van der Waals surface area contributed by atoms with Crippen molar-refractivity contribution in [3.8, 4) is 0 Å². The van der Waals surface area contributed by atoms with E-state index in [0.29, 0.717) is 0 Å². The summed E-state index contributed by atoms with van der Waals surface area (Å²) in [4.78, 5) is 0. The van der Waals surface area contributed by atoms with E-state index in [1.54, 1.807) is 0 Å². The van der Waals surface area contributed by atoms with Crippen LogP contribution in [0.3, 0.4) is 0 Å². The van der Waals surface area contributed by atoms with Crippen molar-refractivity contribution in [1.29, 1.82) is 0 Å². The summed E-state index contributed by atoms with van der Waals surface area (Å²) in [7, 11) is -1.55. The molecule has 0 atom stereocenters. The first-order valence-corrected chi connectivity index (χ1v) is 7.93. The van der Waals surface area contributed by atoms with Gasteiger partial charge in [-0.05, 0) is 12.0 Å². The first-order chi connectivity index (χ1) is 5.79. The fourth-order valence-electron chi connectivity index (χ4n) is 0.921. The summed E-state index contributed by atoms with van der Waals surface area (Å²) in [6.07, 6.45) is 2.95. The predicted molar refractivity (Wildman–Crippen MR) is 58.1 cm³/mol. The van der Waals surface area contributed by atoms with Crippen molar-refractivity contribution >= 4 is 29.6 Å². The van der Waals surface area contributed by atoms with Gasteiger partial charge in [0.25, 0.3) is 7.42 Å². The maximum atomic E-state index is 5.66. The number of rotatable bonds is 3. The molecule has 3 heteroatoms. The van der Waals surface area contributed by atoms with E-state index in [9.17, 15) is 0 Å². The Morgan fingerprint density at radius 2 is 1.83 bits per heavy atom. The Bertz CT molecular complexity index is 244. The van der Waals surface area contributed by atoms with Crippen LogP contribution in [0.1, 0.15) is 5.56 Å². The number of hydrogen-bond donors (Lipinski definition) is 0. The fourth-order valence-corrected chi connectivity index (χ4v) is 1.88. The molecule has 64 valence electrons. The molecule has 0 spiro atoms. The van der Waals surface area contributed by atoms with Gasteiger partial charge in [0, 0.05) is 0 Å². The summed E-state index contributed by atoms with van der Waals surface area (Å²) >= 11 is 11.3. The van der Waals surface area contributed by atoms with Crippen LogP contribution in [0.25, 0.3) is 0 Å². The van der Waals surface area contributed by atoms with Crippen molar-refractivity contribution in [2.24, 2.45) is 0 Å². The van der Waals surface area contributed by atoms with Gasteiger partial charge in [-0.15, -0.1) is 22.2 Å². The van der Waals surface area contributed by atoms with Gasteiger partial charge in [-0.2, -0.15) is 0 Å². The number of allylic oxidation sites excluding steroid dienone is 1. The van der Waals surface area contributed by atoms with Crippen molar-refractivity contribution in [2.45, 2.75) is 6.42 Å². The Morgan fingerprint density at radius 1 is 1.17 bits per heavy atom. The van der Waals surface area contributed by atoms with E-state index in [4.69, 9.17) is 22.2 Å². The average molecular weight is 217 g/mol. The molecular weight excluding hydrogens is 207 g/mol. The Hall–Kier alpha value is -0.243. The molecule has 12 heavy (non-hydrogen) atoms. The SMILES string of the molecule is Cl[SiH](Cl)C=CCc1ccccc1. The quantitative estimate of drug-likeness (QED) is 0.539. The first kappa shape index (κ1) is 9.84. The van der Waals surface area contributed by atoms with Gasteiger partial charge in [0.05, 0.1) is 0 Å². The molecule has 0 heterocycles. The maximum absolute atomic E-state index is 5.66. The highest BCUT2D eigenvalue weighted by Crippen LogP contribution is 2.02. The average Bonchev–Trinajstić information content (AvgIpc) is 2.05. The second-order valence-corrected chi connectivity index (χ2v) is 7.00. The van der Waals surface area contributed by atoms with Gasteiger partial charge in [0.15, 0.2) is 0 Å². The molecule has 1 aromatic carbocycles. The van der Waals surface area contributed by atoms with Crippen LogP contribution >= 0.6 is 22.2 Å². The third kappa shape index (κ3) is 3.95. The lowest BCUT2D eigenvalue weighted by molar-refractivity contribution is 1.28. The third-order valence-electron chi connectivity index (χ3n) is 1.48. The zero-order chi connectivity index (χ0) is 8.81. The van der Waals surface area contributed by atoms with Gasteiger partial charge < -0.3 is 0 Å². The summed E-state index contributed by atoms with van der Waals surface area (Å²) in [5.74, 6) is 0. The predicted octanol–water partition coefficient (Wildman–Crippen LogP) is 3.02. The zero-order valence-electron chi connectivity index (χ0n) is 6.58. The van der Waals surface area contributed by atoms with E-state index in [1.165, 1.54) is 5.56 Å². The highest BCUT2D eigenvalue weighted by atomic mass is 35.7. The van der Waals surface area contributed by atoms with Crippen LogP contribution in [0.15, 0.2) is 42.1 Å². The molecule has 0 radical (unpaired) electrons. The van der Waals surface area contributed by atoms with Gasteiger partial charge in [-0.3, -0.25) is 0 Å². The van der Waals surface area contributed by atoms with E-state index >= 15 is 0 Å². The molecule has 0 unspecified atom stereocenters. The van der Waals surface area contributed by atoms with Crippen LogP contribution in [0.4, 0.5) is 0 Å². The lowest BCUT2D eigenvalue weighted by Crippen LogP contribution is -1.85. The molecule has 0 aliphatic rings. The van der Waals surface area contributed by atoms with E-state index in [-0.39, 0.29) is 0 Å². The molecule has 0 fully saturated rings. The first-order valence-electron chi connectivity index (χ1n) is 3.78. The molecule has 0 aromatic heterocycles. The largest absolute Gasteiger partial charge is 0.259 e. The Labute approximate surface area is 83.8 Å². The topological polar surface area (TPSA) is 0 Å². The van der Waals surface area contributed by atoms with E-state index < -0.39 is 7.42 Å². The number of benzene rings is 1. The minimum atomic E-state index is -1.55. The van der Waals surface area contributed by atoms with Crippen LogP contribution < -0.4 is 0 Å². The Kier molecular flexibility index (Phi) is 4.44. The lowest BCUT2D eigenvalue weighted by Gasteiger charge is -1.93. The fraction of sp³-hybridized carbons (Fsp3) is 0.111. The molecule has 0 saturated carbocycles. The van der Waals surface area contributed by atoms with Crippen LogP contribution in [0.2, 0.25) is 0 Å². The molecule has 0 aliphatic carbocycles. The number of hydrogen-bond acceptors (Lipinski definition) is 0. The summed E-state index contributed by atoms with van der Waals surface area (Å²) < 4.78 is 0. The summed E-state index contributed by atoms with van der Waals surface area (Å²) in [6, 6.07) is 10.2. The Balaban J connectivity index is 2.43. The molecule has 1 rings (SSSR count). The van der Waals surface area contributed by atoms with E-state index in [1.807, 2.05) is 30.0 Å². The molecule has 0 nitrogen and oxygen atoms in total. The summed E-state index contributed by atoms with van der Waals surface area (Å²) in [5, 5.41) is 0. The zero-order valence-corrected chi connectivity index (χ0v) is 9.25. The molecule has 0 saturated heterocycles. The van der Waals surface area contributed by atoms with Gasteiger partial charge in [-0.1, -0.05) is 42.1 Å². The molecule has 0 N–H and O–H groups in total. The maximum Gasteiger partial charge on any atom is 0.259 e. The summed E-state index contributed by atoms with van der Waals surface area (Å²) in [5.41, 5.74) is 3.20. The standard InChI is InChI=1S/C9H10Cl2Si/c10-12(11)8-4-7-9-5-2-1-3-6-9/h1-6,8,12H,7H2. The highest BCUT2D eigenvalue weighted by molar-refractivity contribution is 7.36. The van der Waals surface area contributed by atoms with Crippen LogP contribution in [-0.2, 0) is 6.42 Å². The summed E-state index contributed by atoms with van der Waals surface area (Å²) in [6.45, 7) is 0. The smallest absolute Gasteiger partial charge is 0.145 e. The second kappa shape index (κ2) is 5.41. The van der Waals surface area contributed by atoms with Crippen molar-refractivity contribution in [3.63, 3.8) is 0 Å². The van der Waals surface area contributed by atoms with Gasteiger partial charge in [0.1, 0.15) is 0 Å². The normalized spacial score (nSPS) is 11.2. The van der Waals surface area contributed by atoms with Crippen LogP contribution in [0.5, 0.6) is 0 Å². The Morgan fingerprint density at radius 3 is 2.42 bits per heavy atom. The van der Waals surface area contributed by atoms with E-state index in [2.05, 4.69) is 12.1 Å². The van der Waals surface area contributed by atoms with Crippen LogP contribution in [0, 0.1) is 0 Å². The molecule has 1 aromatic rings. The minimum absolute atomic E-state index is 0.920. The number of halogens is 2. The molecule has 0 bridgehead atoms. The van der Waals surface area contributed by atoms with Crippen LogP contribution in [-0.4, -0.2) is 7.42 Å². The van der Waals surface area contributed by atoms with Gasteiger partial charge >= 0.3 is 0 Å². The van der Waals surface area contributed by atoms with E-state index in [0.717, 1.165) is 6.42 Å². The van der Waals surface area contributed by atoms with Gasteiger partial charge in [0.2, 0.25) is 0 Å². The lowest BCUT2D eigenvalue weighted by atomic mass is 10.2.